The van der Waals surface area contributed by atoms with Gasteiger partial charge in [0.15, 0.2) is 0 Å². The number of para-hydroxylation sites is 3. The number of allylic oxidation sites excluding steroid dienone is 2. The molecule has 47 heavy (non-hydrogen) atoms. The van der Waals surface area contributed by atoms with Gasteiger partial charge in [0.25, 0.3) is 0 Å². The molecule has 0 N–H and O–H groups in total. The molecule has 10 rings (SSSR count). The predicted molar refractivity (Wildman–Crippen MR) is 189 cm³/mol. The maximum Gasteiger partial charge on any atom is 0.130 e. The van der Waals surface area contributed by atoms with Crippen molar-refractivity contribution in [2.75, 3.05) is 0 Å². The van der Waals surface area contributed by atoms with Crippen LogP contribution < -0.4 is 4.74 Å². The summed E-state index contributed by atoms with van der Waals surface area (Å²) in [5, 5.41) is 12.7. The lowest BCUT2D eigenvalue weighted by atomic mass is 9.86. The molecule has 222 valence electrons. The summed E-state index contributed by atoms with van der Waals surface area (Å²) in [7, 11) is 0. The zero-order chi connectivity index (χ0) is 31.1. The largest absolute Gasteiger partial charge is 0.461 e. The predicted octanol–water partition coefficient (Wildman–Crippen LogP) is 10.1. The van der Waals surface area contributed by atoms with E-state index in [-0.39, 0.29) is 5.92 Å². The number of benzene rings is 5. The molecule has 1 unspecified atom stereocenters. The molecule has 5 aromatic carbocycles. The Balaban J connectivity index is 1.10. The van der Waals surface area contributed by atoms with Gasteiger partial charge in [-0.2, -0.15) is 5.26 Å². The third kappa shape index (κ3) is 3.87. The van der Waals surface area contributed by atoms with E-state index in [9.17, 15) is 5.26 Å². The quantitative estimate of drug-likeness (QED) is 0.202. The maximum absolute atomic E-state index is 10.2. The van der Waals surface area contributed by atoms with Crippen LogP contribution in [0.1, 0.15) is 46.0 Å². The molecular formula is C43H29N3O. The van der Waals surface area contributed by atoms with E-state index in [4.69, 9.17) is 4.74 Å². The van der Waals surface area contributed by atoms with Crippen molar-refractivity contribution in [1.29, 1.82) is 5.26 Å². The molecule has 0 fully saturated rings. The van der Waals surface area contributed by atoms with E-state index in [0.29, 0.717) is 5.56 Å². The zero-order valence-corrected chi connectivity index (χ0v) is 25.7. The Bertz CT molecular complexity index is 2530. The first kappa shape index (κ1) is 26.2. The Labute approximate surface area is 272 Å². The van der Waals surface area contributed by atoms with Crippen LogP contribution in [0.4, 0.5) is 0 Å². The molecule has 7 aromatic rings. The summed E-state index contributed by atoms with van der Waals surface area (Å²) in [4.78, 5) is 0. The Morgan fingerprint density at radius 2 is 1.49 bits per heavy atom. The molecule has 3 aliphatic rings. The number of nitrogens with zero attached hydrogens (tertiary/aromatic N) is 3. The monoisotopic (exact) mass is 603 g/mol. The van der Waals surface area contributed by atoms with E-state index >= 15 is 0 Å². The second-order valence-corrected chi connectivity index (χ2v) is 12.7. The van der Waals surface area contributed by atoms with Gasteiger partial charge in [0.1, 0.15) is 11.5 Å². The standard InChI is InChI=1S/C43H29N3O/c44-26-27-21-29(28-17-19-30(20-18-28)45-38-13-5-1-9-32(38)33-10-2-6-14-39(33)45)23-31(22-27)46-40-15-7-3-11-34(40)36-24-37-35-12-4-8-16-42(35)47-43(37)25-41(36)46/h1-5,7-13,15-23,25,37H,6,14,24H2. The first-order valence-electron chi connectivity index (χ1n) is 16.3. The van der Waals surface area contributed by atoms with E-state index in [1.807, 2.05) is 18.2 Å². The highest BCUT2D eigenvalue weighted by molar-refractivity contribution is 5.94. The van der Waals surface area contributed by atoms with Gasteiger partial charge < -0.3 is 13.9 Å². The minimum absolute atomic E-state index is 0.219. The van der Waals surface area contributed by atoms with E-state index in [0.717, 1.165) is 64.5 Å². The van der Waals surface area contributed by atoms with Crippen molar-refractivity contribution in [1.82, 2.24) is 9.13 Å². The molecule has 0 saturated heterocycles. The van der Waals surface area contributed by atoms with Gasteiger partial charge in [0, 0.05) is 45.0 Å². The first-order chi connectivity index (χ1) is 23.2. The Morgan fingerprint density at radius 3 is 2.34 bits per heavy atom. The minimum atomic E-state index is 0.219. The average molecular weight is 604 g/mol. The lowest BCUT2D eigenvalue weighted by Crippen LogP contribution is -2.10. The van der Waals surface area contributed by atoms with Crippen LogP contribution in [-0.4, -0.2) is 9.13 Å². The lowest BCUT2D eigenvalue weighted by Gasteiger charge is -2.19. The summed E-state index contributed by atoms with van der Waals surface area (Å²) < 4.78 is 11.1. The second-order valence-electron chi connectivity index (χ2n) is 12.7. The van der Waals surface area contributed by atoms with Crippen LogP contribution in [0.2, 0.25) is 0 Å². The molecule has 0 amide bonds. The number of rotatable bonds is 3. The van der Waals surface area contributed by atoms with Crippen molar-refractivity contribution in [3.63, 3.8) is 0 Å². The summed E-state index contributed by atoms with van der Waals surface area (Å²) >= 11 is 0. The number of aromatic nitrogens is 2. The summed E-state index contributed by atoms with van der Waals surface area (Å²) in [6, 6.07) is 43.1. The second kappa shape index (κ2) is 9.97. The third-order valence-corrected chi connectivity index (χ3v) is 10.2. The average Bonchev–Trinajstić information content (AvgIpc) is 3.78. The summed E-state index contributed by atoms with van der Waals surface area (Å²) in [5.74, 6) is 2.16. The third-order valence-electron chi connectivity index (χ3n) is 10.2. The highest BCUT2D eigenvalue weighted by Gasteiger charge is 2.35. The van der Waals surface area contributed by atoms with Crippen LogP contribution in [0.3, 0.4) is 0 Å². The van der Waals surface area contributed by atoms with Crippen LogP contribution in [0.25, 0.3) is 56.5 Å². The molecule has 3 heterocycles. The molecule has 0 bridgehead atoms. The lowest BCUT2D eigenvalue weighted by molar-refractivity contribution is 0.429. The molecule has 0 spiro atoms. The van der Waals surface area contributed by atoms with Crippen molar-refractivity contribution >= 4 is 34.0 Å². The SMILES string of the molecule is N#Cc1cc(-c2ccc(-n3c4c(c5ccccc53)C=CCC4)cc2)cc(-n2c3c(c4ccccc42)CC2C(=C3)Oc3ccccc32)c1. The van der Waals surface area contributed by atoms with E-state index < -0.39 is 0 Å². The number of hydrogen-bond donors (Lipinski definition) is 0. The topological polar surface area (TPSA) is 42.9 Å². The molecule has 1 atom stereocenters. The highest BCUT2D eigenvalue weighted by Crippen LogP contribution is 2.48. The normalized spacial score (nSPS) is 15.8. The van der Waals surface area contributed by atoms with Gasteiger partial charge in [0.2, 0.25) is 0 Å². The van der Waals surface area contributed by atoms with E-state index in [2.05, 4.69) is 130 Å². The fraction of sp³-hybridized carbons (Fsp3) is 0.0930. The van der Waals surface area contributed by atoms with Crippen LogP contribution in [0.15, 0.2) is 127 Å². The molecule has 0 saturated carbocycles. The molecule has 2 aromatic heterocycles. The van der Waals surface area contributed by atoms with Crippen LogP contribution in [0.5, 0.6) is 5.75 Å². The van der Waals surface area contributed by atoms with Crippen molar-refractivity contribution in [3.05, 3.63) is 161 Å². The summed E-state index contributed by atoms with van der Waals surface area (Å²) in [5.41, 5.74) is 13.6. The van der Waals surface area contributed by atoms with Crippen LogP contribution in [-0.2, 0) is 12.8 Å². The fourth-order valence-electron chi connectivity index (χ4n) is 8.10. The highest BCUT2D eigenvalue weighted by atomic mass is 16.5. The zero-order valence-electron chi connectivity index (χ0n) is 25.7. The summed E-state index contributed by atoms with van der Waals surface area (Å²) in [6.07, 6.45) is 9.73. The van der Waals surface area contributed by atoms with Gasteiger partial charge in [-0.25, -0.2) is 0 Å². The van der Waals surface area contributed by atoms with Crippen molar-refractivity contribution < 1.29 is 4.74 Å². The summed E-state index contributed by atoms with van der Waals surface area (Å²) in [6.45, 7) is 0. The van der Waals surface area contributed by atoms with E-state index in [1.165, 1.54) is 38.7 Å². The molecule has 0 radical (unpaired) electrons. The van der Waals surface area contributed by atoms with Gasteiger partial charge in [-0.05, 0) is 84.5 Å². The van der Waals surface area contributed by atoms with Crippen LogP contribution >= 0.6 is 0 Å². The van der Waals surface area contributed by atoms with Crippen LogP contribution in [0, 0.1) is 11.3 Å². The van der Waals surface area contributed by atoms with Crippen molar-refractivity contribution in [2.24, 2.45) is 0 Å². The Hall–Kier alpha value is -6.05. The molecule has 2 aliphatic carbocycles. The molecule has 4 nitrogen and oxygen atoms in total. The first-order valence-corrected chi connectivity index (χ1v) is 16.3. The van der Waals surface area contributed by atoms with Gasteiger partial charge in [-0.1, -0.05) is 78.9 Å². The van der Waals surface area contributed by atoms with Gasteiger partial charge in [0.05, 0.1) is 34.3 Å². The van der Waals surface area contributed by atoms with Gasteiger partial charge >= 0.3 is 0 Å². The minimum Gasteiger partial charge on any atom is -0.461 e. The number of ether oxygens (including phenoxy) is 1. The molecule has 4 heteroatoms. The number of fused-ring (bicyclic) bond motifs is 9. The smallest absolute Gasteiger partial charge is 0.130 e. The fourth-order valence-corrected chi connectivity index (χ4v) is 8.10. The van der Waals surface area contributed by atoms with E-state index in [1.54, 1.807) is 0 Å². The Morgan fingerprint density at radius 1 is 0.723 bits per heavy atom. The van der Waals surface area contributed by atoms with Crippen molar-refractivity contribution in [2.45, 2.75) is 25.2 Å². The van der Waals surface area contributed by atoms with Gasteiger partial charge in [-0.15, -0.1) is 0 Å². The molecular weight excluding hydrogens is 574 g/mol. The van der Waals surface area contributed by atoms with Gasteiger partial charge in [-0.3, -0.25) is 0 Å². The number of nitriles is 1. The molecule has 1 aliphatic heterocycles. The number of hydrogen-bond acceptors (Lipinski definition) is 2. The Kier molecular flexibility index (Phi) is 5.56. The van der Waals surface area contributed by atoms with Crippen molar-refractivity contribution in [3.8, 4) is 34.3 Å². The maximum atomic E-state index is 10.2.